The van der Waals surface area contributed by atoms with Crippen LogP contribution < -0.4 is 5.76 Å². The Morgan fingerprint density at radius 2 is 2.31 bits per heavy atom. The zero-order valence-corrected chi connectivity index (χ0v) is 7.97. The summed E-state index contributed by atoms with van der Waals surface area (Å²) in [6.07, 6.45) is 0. The van der Waals surface area contributed by atoms with Gasteiger partial charge in [0.25, 0.3) is 0 Å². The van der Waals surface area contributed by atoms with Gasteiger partial charge >= 0.3 is 5.76 Å². The van der Waals surface area contributed by atoms with E-state index in [4.69, 9.17) is 4.42 Å². The molecule has 1 atom stereocenters. The fourth-order valence-corrected chi connectivity index (χ4v) is 1.38. The van der Waals surface area contributed by atoms with E-state index in [2.05, 4.69) is 17.6 Å². The summed E-state index contributed by atoms with van der Waals surface area (Å²) in [6, 6.07) is 5.57. The largest absolute Gasteiger partial charge is 0.417 e. The van der Waals surface area contributed by atoms with E-state index in [9.17, 15) is 4.79 Å². The van der Waals surface area contributed by atoms with Crippen LogP contribution in [0.4, 0.5) is 0 Å². The van der Waals surface area contributed by atoms with Crippen molar-refractivity contribution in [1.29, 1.82) is 0 Å². The lowest BCUT2D eigenvalue weighted by Crippen LogP contribution is -1.92. The number of aromatic amines is 1. The number of rotatable bonds is 1. The molecule has 0 fully saturated rings. The summed E-state index contributed by atoms with van der Waals surface area (Å²) in [5.74, 6) is -0.418. The van der Waals surface area contributed by atoms with Crippen LogP contribution in [0.5, 0.6) is 0 Å². The minimum Gasteiger partial charge on any atom is -0.408 e. The highest BCUT2D eigenvalue weighted by atomic mass is 32.1. The topological polar surface area (TPSA) is 46.0 Å². The Balaban J connectivity index is 2.68. The predicted molar refractivity (Wildman–Crippen MR) is 54.2 cm³/mol. The van der Waals surface area contributed by atoms with Crippen molar-refractivity contribution >= 4 is 23.7 Å². The number of oxazole rings is 1. The van der Waals surface area contributed by atoms with E-state index in [0.717, 1.165) is 11.1 Å². The Morgan fingerprint density at radius 3 is 3.00 bits per heavy atom. The van der Waals surface area contributed by atoms with E-state index >= 15 is 0 Å². The average Bonchev–Trinajstić information content (AvgIpc) is 2.42. The Hall–Kier alpha value is -1.16. The van der Waals surface area contributed by atoms with Gasteiger partial charge in [0.15, 0.2) is 5.58 Å². The van der Waals surface area contributed by atoms with E-state index in [1.54, 1.807) is 0 Å². The first-order chi connectivity index (χ1) is 6.16. The fraction of sp³-hybridized carbons (Fsp3) is 0.222. The molecule has 0 aliphatic heterocycles. The molecule has 1 N–H and O–H groups in total. The Morgan fingerprint density at radius 1 is 1.54 bits per heavy atom. The van der Waals surface area contributed by atoms with Crippen molar-refractivity contribution in [3.8, 4) is 0 Å². The van der Waals surface area contributed by atoms with Crippen molar-refractivity contribution in [2.24, 2.45) is 0 Å². The summed E-state index contributed by atoms with van der Waals surface area (Å²) >= 11 is 4.29. The maximum absolute atomic E-state index is 10.8. The summed E-state index contributed by atoms with van der Waals surface area (Å²) in [6.45, 7) is 1.97. The molecule has 0 spiro atoms. The van der Waals surface area contributed by atoms with Crippen LogP contribution in [0.1, 0.15) is 17.7 Å². The summed E-state index contributed by atoms with van der Waals surface area (Å²) in [5.41, 5.74) is 2.35. The first-order valence-electron chi connectivity index (χ1n) is 3.97. The van der Waals surface area contributed by atoms with Gasteiger partial charge in [-0.2, -0.15) is 12.6 Å². The van der Waals surface area contributed by atoms with Gasteiger partial charge in [0, 0.05) is 5.25 Å². The van der Waals surface area contributed by atoms with Gasteiger partial charge in [-0.25, -0.2) is 4.79 Å². The summed E-state index contributed by atoms with van der Waals surface area (Å²) < 4.78 is 4.91. The smallest absolute Gasteiger partial charge is 0.408 e. The van der Waals surface area contributed by atoms with E-state index in [-0.39, 0.29) is 5.25 Å². The maximum Gasteiger partial charge on any atom is 0.417 e. The number of benzene rings is 1. The number of thiol groups is 1. The zero-order chi connectivity index (χ0) is 9.42. The summed E-state index contributed by atoms with van der Waals surface area (Å²) in [5, 5.41) is 0.143. The number of hydrogen-bond acceptors (Lipinski definition) is 3. The molecule has 68 valence electrons. The van der Waals surface area contributed by atoms with Gasteiger partial charge in [-0.3, -0.25) is 4.98 Å². The zero-order valence-electron chi connectivity index (χ0n) is 7.07. The molecule has 0 saturated carbocycles. The van der Waals surface area contributed by atoms with Gasteiger partial charge in [-0.1, -0.05) is 6.07 Å². The second kappa shape index (κ2) is 2.96. The molecule has 2 aromatic rings. The highest BCUT2D eigenvalue weighted by Crippen LogP contribution is 2.21. The maximum atomic E-state index is 10.8. The van der Waals surface area contributed by atoms with Crippen LogP contribution >= 0.6 is 12.6 Å². The van der Waals surface area contributed by atoms with Gasteiger partial charge in [-0.05, 0) is 24.6 Å². The SMILES string of the molecule is CC(S)c1ccc2[nH]c(=O)oc2c1. The lowest BCUT2D eigenvalue weighted by Gasteiger charge is -2.02. The third-order valence-electron chi connectivity index (χ3n) is 1.93. The van der Waals surface area contributed by atoms with Gasteiger partial charge in [0.05, 0.1) is 5.52 Å². The molecule has 13 heavy (non-hydrogen) atoms. The van der Waals surface area contributed by atoms with Crippen molar-refractivity contribution in [3.05, 3.63) is 34.3 Å². The molecule has 0 aliphatic rings. The van der Waals surface area contributed by atoms with Crippen molar-refractivity contribution in [2.75, 3.05) is 0 Å². The molecule has 3 nitrogen and oxygen atoms in total. The van der Waals surface area contributed by atoms with E-state index in [0.29, 0.717) is 5.58 Å². The highest BCUT2D eigenvalue weighted by Gasteiger charge is 2.04. The molecule has 1 unspecified atom stereocenters. The van der Waals surface area contributed by atoms with Crippen LogP contribution in [0.2, 0.25) is 0 Å². The van der Waals surface area contributed by atoms with Crippen LogP contribution in [0.15, 0.2) is 27.4 Å². The minimum absolute atomic E-state index is 0.143. The first kappa shape index (κ1) is 8.44. The van der Waals surface area contributed by atoms with Gasteiger partial charge < -0.3 is 4.42 Å². The second-order valence-electron chi connectivity index (χ2n) is 2.95. The monoisotopic (exact) mass is 195 g/mol. The van der Waals surface area contributed by atoms with Gasteiger partial charge in [0.1, 0.15) is 0 Å². The van der Waals surface area contributed by atoms with Crippen molar-refractivity contribution in [2.45, 2.75) is 12.2 Å². The molecule has 2 rings (SSSR count). The van der Waals surface area contributed by atoms with Gasteiger partial charge in [0.2, 0.25) is 0 Å². The van der Waals surface area contributed by atoms with Crippen LogP contribution in [0, 0.1) is 0 Å². The molecule has 0 saturated heterocycles. The lowest BCUT2D eigenvalue weighted by molar-refractivity contribution is 0.555. The van der Waals surface area contributed by atoms with E-state index in [1.165, 1.54) is 0 Å². The minimum atomic E-state index is -0.418. The Bertz CT molecular complexity index is 484. The molecule has 4 heteroatoms. The number of fused-ring (bicyclic) bond motifs is 1. The standard InChI is InChI=1S/C9H9NO2S/c1-5(13)6-2-3-7-8(4-6)12-9(11)10-7/h2-5,13H,1H3,(H,10,11). The predicted octanol–water partition coefficient (Wildman–Crippen LogP) is 2.11. The fourth-order valence-electron chi connectivity index (χ4n) is 1.22. The number of hydrogen-bond donors (Lipinski definition) is 2. The number of H-pyrrole nitrogens is 1. The average molecular weight is 195 g/mol. The third-order valence-corrected chi connectivity index (χ3v) is 2.23. The Labute approximate surface area is 80.2 Å². The van der Waals surface area contributed by atoms with Crippen LogP contribution in [-0.4, -0.2) is 4.98 Å². The van der Waals surface area contributed by atoms with E-state index in [1.807, 2.05) is 25.1 Å². The molecule has 0 radical (unpaired) electrons. The normalized spacial score (nSPS) is 13.4. The number of aromatic nitrogens is 1. The van der Waals surface area contributed by atoms with Crippen molar-refractivity contribution in [1.82, 2.24) is 4.98 Å². The molecular weight excluding hydrogens is 186 g/mol. The van der Waals surface area contributed by atoms with E-state index < -0.39 is 5.76 Å². The lowest BCUT2D eigenvalue weighted by atomic mass is 10.1. The van der Waals surface area contributed by atoms with Crippen molar-refractivity contribution < 1.29 is 4.42 Å². The molecule has 0 aliphatic carbocycles. The van der Waals surface area contributed by atoms with Gasteiger partial charge in [-0.15, -0.1) is 0 Å². The van der Waals surface area contributed by atoms with Crippen LogP contribution in [0.25, 0.3) is 11.1 Å². The quantitative estimate of drug-likeness (QED) is 0.684. The second-order valence-corrected chi connectivity index (χ2v) is 3.72. The van der Waals surface area contributed by atoms with Crippen molar-refractivity contribution in [3.63, 3.8) is 0 Å². The van der Waals surface area contributed by atoms with Crippen LogP contribution in [0.3, 0.4) is 0 Å². The third kappa shape index (κ3) is 1.49. The first-order valence-corrected chi connectivity index (χ1v) is 4.49. The number of nitrogens with one attached hydrogen (secondary N) is 1. The Kier molecular flexibility index (Phi) is 1.92. The molecular formula is C9H9NO2S. The highest BCUT2D eigenvalue weighted by molar-refractivity contribution is 7.80. The molecule has 1 heterocycles. The van der Waals surface area contributed by atoms with Crippen LogP contribution in [-0.2, 0) is 0 Å². The molecule has 1 aromatic carbocycles. The summed E-state index contributed by atoms with van der Waals surface area (Å²) in [4.78, 5) is 13.4. The molecule has 1 aromatic heterocycles. The molecule has 0 bridgehead atoms. The molecule has 0 amide bonds. The summed E-state index contributed by atoms with van der Waals surface area (Å²) in [7, 11) is 0.